The molecule has 0 atom stereocenters. The molecule has 0 radical (unpaired) electrons. The molecule has 0 fully saturated rings. The summed E-state index contributed by atoms with van der Waals surface area (Å²) in [6.45, 7) is 0.550. The van der Waals surface area contributed by atoms with E-state index in [0.717, 1.165) is 37.9 Å². The van der Waals surface area contributed by atoms with Crippen LogP contribution in [0.1, 0.15) is 60.6 Å². The second-order valence-corrected chi connectivity index (χ2v) is 20.5. The van der Waals surface area contributed by atoms with Gasteiger partial charge in [0.15, 0.2) is 12.7 Å². The molecule has 0 spiro atoms. The zero-order valence-electron chi connectivity index (χ0n) is 45.0. The van der Waals surface area contributed by atoms with Gasteiger partial charge in [-0.25, -0.2) is 4.79 Å². The Labute approximate surface area is 495 Å². The maximum atomic E-state index is 14.2. The van der Waals surface area contributed by atoms with E-state index in [1.54, 1.807) is 18.6 Å². The topological polar surface area (TPSA) is 43.1 Å². The summed E-state index contributed by atoms with van der Waals surface area (Å²) in [5, 5.41) is 6.11. The number of hydrogen-bond acceptors (Lipinski definition) is 3. The predicted molar refractivity (Wildman–Crippen MR) is 284 cm³/mol. The second-order valence-electron chi connectivity index (χ2n) is 20.5. The Morgan fingerprint density at radius 3 is 1.04 bits per heavy atom. The Morgan fingerprint density at radius 2 is 0.681 bits per heavy atom. The lowest BCUT2D eigenvalue weighted by molar-refractivity contribution is -0.691. The molecule has 0 saturated carbocycles. The molecule has 0 saturated heterocycles. The van der Waals surface area contributed by atoms with Gasteiger partial charge in [0.2, 0.25) is 0 Å². The van der Waals surface area contributed by atoms with Crippen molar-refractivity contribution in [1.29, 1.82) is 0 Å². The molecule has 0 aliphatic rings. The molecule has 4 nitrogen and oxygen atoms in total. The molecular formula is C62H33BF24N2O2. The first kappa shape index (κ1) is 66.1. The van der Waals surface area contributed by atoms with Crippen LogP contribution in [-0.2, 0) is 56.0 Å². The summed E-state index contributed by atoms with van der Waals surface area (Å²) in [5.74, 6) is 0.133. The van der Waals surface area contributed by atoms with E-state index >= 15 is 0 Å². The molecule has 1 aromatic heterocycles. The van der Waals surface area contributed by atoms with Crippen LogP contribution in [0.25, 0.3) is 32.3 Å². The van der Waals surface area contributed by atoms with Crippen LogP contribution in [0.3, 0.4) is 0 Å². The average molecular weight is 1300 g/mol. The Balaban J connectivity index is 0.000000242. The molecule has 0 unspecified atom stereocenters. The van der Waals surface area contributed by atoms with Crippen molar-refractivity contribution in [3.8, 4) is 5.75 Å². The number of carbonyl (C=O) groups excluding carboxylic acids is 1. The minimum Gasteiger partial charge on any atom is -0.417 e. The van der Waals surface area contributed by atoms with Crippen LogP contribution >= 0.6 is 0 Å². The van der Waals surface area contributed by atoms with Crippen LogP contribution in [0.2, 0.25) is 0 Å². The highest BCUT2D eigenvalue weighted by atomic mass is 19.4. The molecule has 9 aromatic carbocycles. The van der Waals surface area contributed by atoms with Crippen molar-refractivity contribution >= 4 is 66.3 Å². The minimum absolute atomic E-state index is 0.397. The van der Waals surface area contributed by atoms with Crippen LogP contribution in [0, 0.1) is 0 Å². The molecular weight excluding hydrogens is 1270 g/mol. The predicted octanol–water partition coefficient (Wildman–Crippen LogP) is 17.3. The lowest BCUT2D eigenvalue weighted by Gasteiger charge is -2.46. The Bertz CT molecular complexity index is 3950. The van der Waals surface area contributed by atoms with Crippen molar-refractivity contribution in [2.75, 3.05) is 0 Å². The number of alkyl halides is 24. The first-order valence-electron chi connectivity index (χ1n) is 25.8. The Hall–Kier alpha value is -9.31. The quantitative estimate of drug-likeness (QED) is 0.0380. The SMILES string of the molecule is FC(F)(F)c1cc([B-](c2cc(C(F)(F)F)cc(C(F)(F)F)c2)(c2cc(C(F)(F)F)cc(C(F)(F)F)c2)c2cc(C(F)(F)F)cc(C(F)(F)F)c2)cc(C(F)(F)F)c1.O=C(Oc1c2ccccc2cc2cc3ccccc3cc12)c1cncc[n+]1Cc1ccccc1. The van der Waals surface area contributed by atoms with Gasteiger partial charge in [-0.1, -0.05) is 127 Å². The summed E-state index contributed by atoms with van der Waals surface area (Å²) in [7, 11) is 0. The lowest BCUT2D eigenvalue weighted by Crippen LogP contribution is -2.75. The van der Waals surface area contributed by atoms with Gasteiger partial charge in [0.1, 0.15) is 18.1 Å². The fourth-order valence-electron chi connectivity index (χ4n) is 10.5. The van der Waals surface area contributed by atoms with Gasteiger partial charge in [0.05, 0.1) is 50.7 Å². The number of nitrogens with zero attached hydrogens (tertiary/aromatic N) is 2. The number of ether oxygens (including phenoxy) is 1. The van der Waals surface area contributed by atoms with Gasteiger partial charge in [-0.15, -0.1) is 0 Å². The van der Waals surface area contributed by atoms with Crippen molar-refractivity contribution in [3.05, 3.63) is 244 Å². The summed E-state index contributed by atoms with van der Waals surface area (Å²) in [4.78, 5) is 17.7. The highest BCUT2D eigenvalue weighted by molar-refractivity contribution is 7.20. The van der Waals surface area contributed by atoms with E-state index in [0.29, 0.717) is 18.0 Å². The number of aromatic nitrogens is 2. The molecule has 474 valence electrons. The van der Waals surface area contributed by atoms with Crippen molar-refractivity contribution in [3.63, 3.8) is 0 Å². The van der Waals surface area contributed by atoms with Crippen LogP contribution in [0.5, 0.6) is 5.75 Å². The van der Waals surface area contributed by atoms with E-state index in [1.807, 2.05) is 71.3 Å². The third-order valence-corrected chi connectivity index (χ3v) is 14.6. The van der Waals surface area contributed by atoms with E-state index < -0.39 is 201 Å². The van der Waals surface area contributed by atoms with Gasteiger partial charge >= 0.3 is 61.1 Å². The third-order valence-electron chi connectivity index (χ3n) is 14.6. The van der Waals surface area contributed by atoms with E-state index in [4.69, 9.17) is 4.74 Å². The molecule has 0 aliphatic carbocycles. The highest BCUT2D eigenvalue weighted by Gasteiger charge is 2.47. The number of esters is 1. The van der Waals surface area contributed by atoms with Gasteiger partial charge in [0.25, 0.3) is 0 Å². The first-order chi connectivity index (χ1) is 42.0. The molecule has 10 rings (SSSR count). The summed E-state index contributed by atoms with van der Waals surface area (Å²) < 4.78 is 349. The number of fused-ring (bicyclic) bond motifs is 3. The fraction of sp³-hybridized carbons (Fsp3) is 0.145. The number of benzene rings is 9. The van der Waals surface area contributed by atoms with Gasteiger partial charge in [-0.05, 0) is 64.0 Å². The van der Waals surface area contributed by atoms with Crippen LogP contribution in [0.4, 0.5) is 105 Å². The Morgan fingerprint density at radius 1 is 0.363 bits per heavy atom. The molecule has 91 heavy (non-hydrogen) atoms. The normalized spacial score (nSPS) is 13.1. The average Bonchev–Trinajstić information content (AvgIpc) is 0.712. The van der Waals surface area contributed by atoms with Crippen molar-refractivity contribution in [2.24, 2.45) is 0 Å². The van der Waals surface area contributed by atoms with Crippen LogP contribution in [0.15, 0.2) is 188 Å². The minimum atomic E-state index is -6.13. The van der Waals surface area contributed by atoms with E-state index in [2.05, 4.69) is 35.3 Å². The summed E-state index contributed by atoms with van der Waals surface area (Å²) in [6.07, 6.45) is -49.8. The fourth-order valence-corrected chi connectivity index (χ4v) is 10.5. The first-order valence-corrected chi connectivity index (χ1v) is 25.8. The lowest BCUT2D eigenvalue weighted by atomic mass is 9.12. The maximum absolute atomic E-state index is 14.2. The standard InChI is InChI=1S/C32H12BF24.C30H21N2O2/c34-25(35,36)13-1-14(26(37,38)39)6-21(5-13)33(22-7-15(27(40,41)42)2-16(8-22)28(43,44)45,23-9-17(29(46,47)48)3-18(10-23)30(49,50)51)24-11-19(31(52,53)54)4-20(12-24)32(55,56)57;33-30(28-19-31-14-15-32(28)20-21-8-2-1-3-9-21)34-29-26-13-7-6-12-24(26)17-25-16-22-10-4-5-11-23(22)18-27(25)29/h1-12H;1-19H,20H2/q-1;+1. The van der Waals surface area contributed by atoms with E-state index in [1.165, 1.54) is 0 Å². The van der Waals surface area contributed by atoms with Gasteiger partial charge in [0, 0.05) is 16.3 Å². The molecule has 1 heterocycles. The van der Waals surface area contributed by atoms with Gasteiger partial charge < -0.3 is 4.74 Å². The zero-order chi connectivity index (χ0) is 66.8. The molecule has 10 aromatic rings. The Kier molecular flexibility index (Phi) is 17.1. The second kappa shape index (κ2) is 23.5. The van der Waals surface area contributed by atoms with E-state index in [9.17, 15) is 110 Å². The van der Waals surface area contributed by atoms with Crippen LogP contribution in [-0.4, -0.2) is 17.1 Å². The molecule has 0 N–H and O–H groups in total. The largest absolute Gasteiger partial charge is 0.417 e. The van der Waals surface area contributed by atoms with E-state index in [-0.39, 0.29) is 0 Å². The summed E-state index contributed by atoms with van der Waals surface area (Å²) >= 11 is 0. The number of hydrogen-bond donors (Lipinski definition) is 0. The van der Waals surface area contributed by atoms with Crippen molar-refractivity contribution < 1.29 is 119 Å². The smallest absolute Gasteiger partial charge is 0.416 e. The van der Waals surface area contributed by atoms with Crippen molar-refractivity contribution in [1.82, 2.24) is 4.98 Å². The molecule has 0 aliphatic heterocycles. The van der Waals surface area contributed by atoms with Crippen molar-refractivity contribution in [2.45, 2.75) is 56.0 Å². The maximum Gasteiger partial charge on any atom is 0.416 e. The molecule has 29 heteroatoms. The van der Waals surface area contributed by atoms with Crippen LogP contribution < -0.4 is 31.2 Å². The summed E-state index contributed by atoms with van der Waals surface area (Å²) in [6, 6.07) is 23.8. The monoisotopic (exact) mass is 1300 g/mol. The van der Waals surface area contributed by atoms with Gasteiger partial charge in [-0.2, -0.15) is 132 Å². The number of carbonyl (C=O) groups is 1. The third kappa shape index (κ3) is 14.2. The number of halogens is 24. The molecule has 0 amide bonds. The molecule has 0 bridgehead atoms. The summed E-state index contributed by atoms with van der Waals surface area (Å²) in [5.41, 5.74) is -28.7. The highest BCUT2D eigenvalue weighted by Crippen LogP contribution is 2.43. The zero-order valence-corrected chi connectivity index (χ0v) is 45.0. The number of rotatable bonds is 8. The van der Waals surface area contributed by atoms with Gasteiger partial charge in [-0.3, -0.25) is 4.98 Å².